The number of hydrogen-bond donors (Lipinski definition) is 2. The van der Waals surface area contributed by atoms with Gasteiger partial charge in [-0.25, -0.2) is 0 Å². The van der Waals surface area contributed by atoms with Crippen molar-refractivity contribution in [3.63, 3.8) is 0 Å². The molecule has 142 valence electrons. The number of benzene rings is 2. The van der Waals surface area contributed by atoms with Crippen LogP contribution in [0.2, 0.25) is 0 Å². The third-order valence-corrected chi connectivity index (χ3v) is 3.99. The Morgan fingerprint density at radius 1 is 1.00 bits per heavy atom. The Morgan fingerprint density at radius 2 is 1.70 bits per heavy atom. The van der Waals surface area contributed by atoms with E-state index in [2.05, 4.69) is 10.6 Å². The Labute approximate surface area is 158 Å². The van der Waals surface area contributed by atoms with Crippen LogP contribution in [0.1, 0.15) is 30.5 Å². The molecule has 2 rings (SSSR count). The van der Waals surface area contributed by atoms with Gasteiger partial charge in [-0.3, -0.25) is 14.4 Å². The topological polar surface area (TPSA) is 84.5 Å². The van der Waals surface area contributed by atoms with Gasteiger partial charge in [0.05, 0.1) is 6.42 Å². The third kappa shape index (κ3) is 6.26. The minimum Gasteiger partial charge on any atom is -0.455 e. The Hall–Kier alpha value is -3.15. The van der Waals surface area contributed by atoms with Crippen molar-refractivity contribution in [2.75, 3.05) is 17.2 Å². The lowest BCUT2D eigenvalue weighted by Gasteiger charge is -2.13. The molecule has 2 aromatic carbocycles. The number of esters is 1. The van der Waals surface area contributed by atoms with Crippen LogP contribution in [0.3, 0.4) is 0 Å². The van der Waals surface area contributed by atoms with Crippen molar-refractivity contribution in [1.82, 2.24) is 0 Å². The van der Waals surface area contributed by atoms with E-state index in [1.54, 1.807) is 24.3 Å². The highest BCUT2D eigenvalue weighted by Gasteiger charge is 2.12. The van der Waals surface area contributed by atoms with Crippen molar-refractivity contribution in [3.05, 3.63) is 59.2 Å². The number of amides is 2. The van der Waals surface area contributed by atoms with Crippen LogP contribution in [0.15, 0.2) is 42.5 Å². The lowest BCUT2D eigenvalue weighted by molar-refractivity contribution is -0.146. The molecule has 2 aromatic rings. The third-order valence-electron chi connectivity index (χ3n) is 3.99. The van der Waals surface area contributed by atoms with E-state index in [1.807, 2.05) is 32.0 Å². The second-order valence-corrected chi connectivity index (χ2v) is 6.23. The number of anilines is 2. The van der Waals surface area contributed by atoms with Crippen LogP contribution in [0.5, 0.6) is 0 Å². The summed E-state index contributed by atoms with van der Waals surface area (Å²) in [6.45, 7) is 5.03. The van der Waals surface area contributed by atoms with E-state index in [0.717, 1.165) is 28.8 Å². The quantitative estimate of drug-likeness (QED) is 0.735. The van der Waals surface area contributed by atoms with E-state index in [1.165, 1.54) is 6.92 Å². The molecule has 0 aliphatic rings. The molecule has 0 aliphatic carbocycles. The summed E-state index contributed by atoms with van der Waals surface area (Å²) >= 11 is 0. The molecule has 27 heavy (non-hydrogen) atoms. The molecule has 2 amide bonds. The lowest BCUT2D eigenvalue weighted by atomic mass is 10.1. The molecule has 0 aliphatic heterocycles. The molecule has 0 unspecified atom stereocenters. The van der Waals surface area contributed by atoms with Gasteiger partial charge in [-0.2, -0.15) is 0 Å². The van der Waals surface area contributed by atoms with E-state index >= 15 is 0 Å². The zero-order chi connectivity index (χ0) is 19.8. The molecule has 6 nitrogen and oxygen atoms in total. The summed E-state index contributed by atoms with van der Waals surface area (Å²) in [6.07, 6.45) is 0.851. The van der Waals surface area contributed by atoms with Gasteiger partial charge in [-0.1, -0.05) is 37.3 Å². The van der Waals surface area contributed by atoms with E-state index in [-0.39, 0.29) is 24.8 Å². The first-order valence-electron chi connectivity index (χ1n) is 8.79. The van der Waals surface area contributed by atoms with Gasteiger partial charge in [0.1, 0.15) is 0 Å². The number of aryl methyl sites for hydroxylation is 2. The largest absolute Gasteiger partial charge is 0.455 e. The van der Waals surface area contributed by atoms with Crippen molar-refractivity contribution in [2.45, 2.75) is 33.6 Å². The highest BCUT2D eigenvalue weighted by atomic mass is 16.5. The molecule has 0 spiro atoms. The molecule has 0 bridgehead atoms. The van der Waals surface area contributed by atoms with Gasteiger partial charge in [0.2, 0.25) is 5.91 Å². The second-order valence-electron chi connectivity index (χ2n) is 6.23. The van der Waals surface area contributed by atoms with Gasteiger partial charge >= 0.3 is 5.97 Å². The van der Waals surface area contributed by atoms with Crippen molar-refractivity contribution in [3.8, 4) is 0 Å². The molecule has 0 atom stereocenters. The maximum absolute atomic E-state index is 12.1. The molecule has 6 heteroatoms. The Kier molecular flexibility index (Phi) is 7.11. The molecule has 0 fully saturated rings. The number of rotatable bonds is 7. The Bertz CT molecular complexity index is 829. The summed E-state index contributed by atoms with van der Waals surface area (Å²) in [7, 11) is 0. The highest BCUT2D eigenvalue weighted by molar-refractivity contribution is 5.94. The monoisotopic (exact) mass is 368 g/mol. The fourth-order valence-electron chi connectivity index (χ4n) is 2.65. The maximum atomic E-state index is 12.1. The van der Waals surface area contributed by atoms with Crippen molar-refractivity contribution in [2.24, 2.45) is 0 Å². The standard InChI is InChI=1S/C21H24N2O4/c1-4-17-7-5-6-14(2)21(17)23-19(25)13-27-20(26)12-16-8-10-18(11-9-16)22-15(3)24/h5-11H,4,12-13H2,1-3H3,(H,22,24)(H,23,25). The number of carbonyl (C=O) groups excluding carboxylic acids is 3. The molecule has 2 N–H and O–H groups in total. The van der Waals surface area contributed by atoms with Gasteiger partial charge < -0.3 is 15.4 Å². The number of nitrogens with one attached hydrogen (secondary N) is 2. The predicted molar refractivity (Wildman–Crippen MR) is 105 cm³/mol. The summed E-state index contributed by atoms with van der Waals surface area (Å²) < 4.78 is 5.07. The molecule has 0 saturated heterocycles. The average molecular weight is 368 g/mol. The van der Waals surface area contributed by atoms with Gasteiger partial charge in [0, 0.05) is 18.3 Å². The van der Waals surface area contributed by atoms with E-state index < -0.39 is 5.97 Å². The van der Waals surface area contributed by atoms with Crippen molar-refractivity contribution in [1.29, 1.82) is 0 Å². The second kappa shape index (κ2) is 9.52. The molecular weight excluding hydrogens is 344 g/mol. The highest BCUT2D eigenvalue weighted by Crippen LogP contribution is 2.20. The first-order chi connectivity index (χ1) is 12.9. The zero-order valence-corrected chi connectivity index (χ0v) is 15.8. The minimum absolute atomic E-state index is 0.0538. The molecule has 0 saturated carbocycles. The van der Waals surface area contributed by atoms with E-state index in [4.69, 9.17) is 4.74 Å². The molecule has 0 aromatic heterocycles. The van der Waals surface area contributed by atoms with Gasteiger partial charge in [0.15, 0.2) is 6.61 Å². The molecule has 0 heterocycles. The van der Waals surface area contributed by atoms with Crippen LogP contribution in [0.4, 0.5) is 11.4 Å². The first-order valence-corrected chi connectivity index (χ1v) is 8.79. The van der Waals surface area contributed by atoms with Gasteiger partial charge in [-0.15, -0.1) is 0 Å². The lowest BCUT2D eigenvalue weighted by Crippen LogP contribution is -2.22. The van der Waals surface area contributed by atoms with Crippen LogP contribution < -0.4 is 10.6 Å². The van der Waals surface area contributed by atoms with Crippen molar-refractivity contribution >= 4 is 29.2 Å². The number of ether oxygens (including phenoxy) is 1. The number of para-hydroxylation sites is 1. The summed E-state index contributed by atoms with van der Waals surface area (Å²) in [4.78, 5) is 35.1. The fourth-order valence-corrected chi connectivity index (χ4v) is 2.65. The smallest absolute Gasteiger partial charge is 0.310 e. The number of carbonyl (C=O) groups is 3. The average Bonchev–Trinajstić information content (AvgIpc) is 2.63. The SMILES string of the molecule is CCc1cccc(C)c1NC(=O)COC(=O)Cc1ccc(NC(C)=O)cc1. The maximum Gasteiger partial charge on any atom is 0.310 e. The van der Waals surface area contributed by atoms with Crippen LogP contribution in [-0.4, -0.2) is 24.4 Å². The Morgan fingerprint density at radius 3 is 2.33 bits per heavy atom. The molecule has 0 radical (unpaired) electrons. The summed E-state index contributed by atoms with van der Waals surface area (Å²) in [5, 5.41) is 5.47. The van der Waals surface area contributed by atoms with Gasteiger partial charge in [-0.05, 0) is 42.2 Å². The van der Waals surface area contributed by atoms with Crippen LogP contribution in [-0.2, 0) is 32.0 Å². The van der Waals surface area contributed by atoms with Crippen molar-refractivity contribution < 1.29 is 19.1 Å². The first kappa shape index (κ1) is 20.2. The van der Waals surface area contributed by atoms with Crippen LogP contribution in [0, 0.1) is 6.92 Å². The summed E-state index contributed by atoms with van der Waals surface area (Å²) in [5.74, 6) is -1.01. The van der Waals surface area contributed by atoms with Crippen LogP contribution in [0.25, 0.3) is 0 Å². The number of hydrogen-bond acceptors (Lipinski definition) is 4. The fraction of sp³-hybridized carbons (Fsp3) is 0.286. The van der Waals surface area contributed by atoms with Gasteiger partial charge in [0.25, 0.3) is 5.91 Å². The van der Waals surface area contributed by atoms with E-state index in [9.17, 15) is 14.4 Å². The molecular formula is C21H24N2O4. The summed E-state index contributed by atoms with van der Waals surface area (Å²) in [6, 6.07) is 12.7. The normalized spacial score (nSPS) is 10.2. The summed E-state index contributed by atoms with van der Waals surface area (Å²) in [5.41, 5.74) is 4.17. The minimum atomic E-state index is -0.488. The Balaban J connectivity index is 1.85. The predicted octanol–water partition coefficient (Wildman–Crippen LogP) is 3.24. The zero-order valence-electron chi connectivity index (χ0n) is 15.8. The van der Waals surface area contributed by atoms with E-state index in [0.29, 0.717) is 5.69 Å². The van der Waals surface area contributed by atoms with Crippen LogP contribution >= 0.6 is 0 Å².